The summed E-state index contributed by atoms with van der Waals surface area (Å²) in [6, 6.07) is 6.25. The molecular weight excluding hydrogens is 900 g/mol. The summed E-state index contributed by atoms with van der Waals surface area (Å²) in [6.45, 7) is -0.473. The highest BCUT2D eigenvalue weighted by atomic mass is 127. The van der Waals surface area contributed by atoms with Crippen molar-refractivity contribution >= 4 is 108 Å². The molecule has 0 aliphatic heterocycles. The molecule has 3 N–H and O–H groups in total. The quantitative estimate of drug-likeness (QED) is 0.243. The molecule has 0 radical (unpaired) electrons. The van der Waals surface area contributed by atoms with Crippen LogP contribution in [0.3, 0.4) is 0 Å². The Morgan fingerprint density at radius 1 is 1.00 bits per heavy atom. The van der Waals surface area contributed by atoms with E-state index in [0.717, 1.165) is 12.7 Å². The van der Waals surface area contributed by atoms with Gasteiger partial charge in [0.1, 0.15) is 17.5 Å². The number of nitrogens with one attached hydrogen (secondary N) is 1. The zero-order chi connectivity index (χ0) is 25.6. The fraction of sp³-hybridized carbons (Fsp3) is 0.286. The molecule has 2 aromatic rings. The second-order valence-electron chi connectivity index (χ2n) is 7.14. The van der Waals surface area contributed by atoms with Crippen molar-refractivity contribution in [3.63, 3.8) is 0 Å². The molecule has 34 heavy (non-hydrogen) atoms. The Morgan fingerprint density at radius 3 is 2.06 bits per heavy atom. The van der Waals surface area contributed by atoms with Gasteiger partial charge in [0.25, 0.3) is 0 Å². The lowest BCUT2D eigenvalue weighted by Crippen LogP contribution is -2.47. The van der Waals surface area contributed by atoms with E-state index in [9.17, 15) is 19.5 Å². The highest BCUT2D eigenvalue weighted by Crippen LogP contribution is 2.37. The van der Waals surface area contributed by atoms with Crippen molar-refractivity contribution < 1.29 is 34.1 Å². The minimum absolute atomic E-state index is 0.175. The maximum atomic E-state index is 12.3. The SMILES string of the molecule is COC(=O)C(Cc1cc(I)c(Oc2cc(I)c(O)c(I)c2)c(I)c1)NC(=O)CN(C)CC(=O)O. The van der Waals surface area contributed by atoms with Crippen LogP contribution < -0.4 is 10.1 Å². The molecule has 0 bridgehead atoms. The number of rotatable bonds is 10. The Hall–Kier alpha value is -0.670. The average Bonchev–Trinajstić information content (AvgIpc) is 2.72. The van der Waals surface area contributed by atoms with Gasteiger partial charge in [-0.05, 0) is 127 Å². The number of phenolic OH excluding ortho intramolecular Hbond substituents is 1. The van der Waals surface area contributed by atoms with Gasteiger partial charge in [0.05, 0.1) is 34.5 Å². The van der Waals surface area contributed by atoms with Gasteiger partial charge in [-0.15, -0.1) is 0 Å². The third-order valence-electron chi connectivity index (χ3n) is 4.35. The van der Waals surface area contributed by atoms with E-state index in [-0.39, 0.29) is 25.3 Å². The first-order chi connectivity index (χ1) is 15.9. The number of likely N-dealkylation sites (N-methyl/N-ethyl adjacent to an activating group) is 1. The van der Waals surface area contributed by atoms with Crippen LogP contribution in [0.15, 0.2) is 24.3 Å². The van der Waals surface area contributed by atoms with Gasteiger partial charge in [0, 0.05) is 6.42 Å². The maximum absolute atomic E-state index is 12.3. The van der Waals surface area contributed by atoms with E-state index in [1.165, 1.54) is 19.1 Å². The summed E-state index contributed by atoms with van der Waals surface area (Å²) >= 11 is 8.35. The molecule has 2 aromatic carbocycles. The summed E-state index contributed by atoms with van der Waals surface area (Å²) in [7, 11) is 2.74. The minimum atomic E-state index is -1.05. The number of aliphatic carboxylic acids is 1. The topological polar surface area (TPSA) is 125 Å². The van der Waals surface area contributed by atoms with Gasteiger partial charge in [-0.25, -0.2) is 4.79 Å². The van der Waals surface area contributed by atoms with Crippen molar-refractivity contribution in [3.8, 4) is 17.2 Å². The predicted octanol–water partition coefficient (Wildman–Crippen LogP) is 3.82. The second-order valence-corrected chi connectivity index (χ2v) is 11.8. The fourth-order valence-electron chi connectivity index (χ4n) is 2.89. The average molecular weight is 920 g/mol. The van der Waals surface area contributed by atoms with Crippen LogP contribution in [0, 0.1) is 14.3 Å². The molecule has 0 saturated carbocycles. The minimum Gasteiger partial charge on any atom is -0.506 e. The predicted molar refractivity (Wildman–Crippen MR) is 158 cm³/mol. The smallest absolute Gasteiger partial charge is 0.328 e. The van der Waals surface area contributed by atoms with Crippen LogP contribution in [0.1, 0.15) is 5.56 Å². The molecule has 2 rings (SSSR count). The molecule has 0 fully saturated rings. The van der Waals surface area contributed by atoms with Gasteiger partial charge in [0.2, 0.25) is 5.91 Å². The molecule has 0 spiro atoms. The van der Waals surface area contributed by atoms with Crippen molar-refractivity contribution in [3.05, 3.63) is 44.1 Å². The van der Waals surface area contributed by atoms with E-state index < -0.39 is 23.9 Å². The number of ether oxygens (including phenoxy) is 2. The molecule has 13 heteroatoms. The van der Waals surface area contributed by atoms with Crippen molar-refractivity contribution in [2.75, 3.05) is 27.2 Å². The third-order valence-corrected chi connectivity index (χ3v) is 7.60. The van der Waals surface area contributed by atoms with Gasteiger partial charge in [-0.1, -0.05) is 0 Å². The van der Waals surface area contributed by atoms with Gasteiger partial charge < -0.3 is 25.0 Å². The Labute approximate surface area is 250 Å². The lowest BCUT2D eigenvalue weighted by molar-refractivity contribution is -0.145. The Kier molecular flexibility index (Phi) is 11.8. The summed E-state index contributed by atoms with van der Waals surface area (Å²) in [5.74, 6) is -0.717. The molecule has 0 aliphatic rings. The molecule has 0 aromatic heterocycles. The van der Waals surface area contributed by atoms with E-state index in [0.29, 0.717) is 18.6 Å². The van der Waals surface area contributed by atoms with Crippen molar-refractivity contribution in [2.45, 2.75) is 12.5 Å². The zero-order valence-corrected chi connectivity index (χ0v) is 26.5. The zero-order valence-electron chi connectivity index (χ0n) is 17.9. The lowest BCUT2D eigenvalue weighted by atomic mass is 10.1. The highest BCUT2D eigenvalue weighted by Gasteiger charge is 2.24. The van der Waals surface area contributed by atoms with E-state index in [1.54, 1.807) is 12.1 Å². The first kappa shape index (κ1) is 29.6. The van der Waals surface area contributed by atoms with Crippen molar-refractivity contribution in [1.29, 1.82) is 0 Å². The fourth-order valence-corrected chi connectivity index (χ4v) is 6.72. The lowest BCUT2D eigenvalue weighted by Gasteiger charge is -2.20. The van der Waals surface area contributed by atoms with Crippen LogP contribution in [-0.4, -0.2) is 66.2 Å². The van der Waals surface area contributed by atoms with Crippen molar-refractivity contribution in [2.24, 2.45) is 0 Å². The number of halogens is 4. The van der Waals surface area contributed by atoms with Crippen LogP contribution in [0.25, 0.3) is 0 Å². The number of hydrogen-bond donors (Lipinski definition) is 3. The Balaban J connectivity index is 2.19. The number of amides is 1. The number of carbonyl (C=O) groups is 3. The van der Waals surface area contributed by atoms with E-state index in [1.807, 2.05) is 57.3 Å². The number of esters is 1. The van der Waals surface area contributed by atoms with Crippen LogP contribution in [0.2, 0.25) is 0 Å². The van der Waals surface area contributed by atoms with Gasteiger partial charge in [-0.2, -0.15) is 0 Å². The van der Waals surface area contributed by atoms with Gasteiger partial charge in [0.15, 0.2) is 5.75 Å². The van der Waals surface area contributed by atoms with Gasteiger partial charge >= 0.3 is 11.9 Å². The standard InChI is InChI=1S/C21H20I4N2O7/c1-27(9-18(29)30)8-17(28)26-16(21(32)33-2)5-10-3-14(24)20(15(25)4-10)34-11-6-12(22)19(31)13(23)7-11/h3-4,6-7,16,31H,5,8-9H2,1-2H3,(H,26,28)(H,29,30). The molecule has 0 aliphatic carbocycles. The summed E-state index contributed by atoms with van der Waals surface area (Å²) in [5.41, 5.74) is 0.783. The molecule has 184 valence electrons. The maximum Gasteiger partial charge on any atom is 0.328 e. The Bertz CT molecular complexity index is 1050. The molecule has 0 saturated heterocycles. The number of hydrogen-bond acceptors (Lipinski definition) is 7. The van der Waals surface area contributed by atoms with Gasteiger partial charge in [-0.3, -0.25) is 14.5 Å². The van der Waals surface area contributed by atoms with E-state index >= 15 is 0 Å². The number of phenols is 1. The molecule has 9 nitrogen and oxygen atoms in total. The summed E-state index contributed by atoms with van der Waals surface area (Å²) in [4.78, 5) is 36.7. The highest BCUT2D eigenvalue weighted by molar-refractivity contribution is 14.1. The number of carboxylic acids is 1. The number of aromatic hydroxyl groups is 1. The largest absolute Gasteiger partial charge is 0.506 e. The Morgan fingerprint density at radius 2 is 1.56 bits per heavy atom. The molecule has 0 heterocycles. The molecule has 1 unspecified atom stereocenters. The van der Waals surface area contributed by atoms with E-state index in [2.05, 4.69) is 50.5 Å². The summed E-state index contributed by atoms with van der Waals surface area (Å²) < 4.78 is 13.9. The number of carbonyl (C=O) groups excluding carboxylic acids is 2. The summed E-state index contributed by atoms with van der Waals surface area (Å²) in [5, 5.41) is 21.4. The molecule has 1 amide bonds. The van der Waals surface area contributed by atoms with Crippen LogP contribution >= 0.6 is 90.4 Å². The molecule has 1 atom stereocenters. The van der Waals surface area contributed by atoms with Crippen LogP contribution in [0.4, 0.5) is 0 Å². The number of benzene rings is 2. The normalized spacial score (nSPS) is 11.7. The van der Waals surface area contributed by atoms with Crippen LogP contribution in [0.5, 0.6) is 17.2 Å². The van der Waals surface area contributed by atoms with Crippen molar-refractivity contribution in [1.82, 2.24) is 10.2 Å². The van der Waals surface area contributed by atoms with E-state index in [4.69, 9.17) is 14.6 Å². The first-order valence-electron chi connectivity index (χ1n) is 9.52. The monoisotopic (exact) mass is 920 g/mol. The third kappa shape index (κ3) is 8.77. The first-order valence-corrected chi connectivity index (χ1v) is 13.8. The number of nitrogens with zero attached hydrogens (tertiary/aromatic N) is 1. The molecular formula is C21H20I4N2O7. The number of carboxylic acid groups (broad SMARTS) is 1. The summed E-state index contributed by atoms with van der Waals surface area (Å²) in [6.07, 6.45) is 0.183. The second kappa shape index (κ2) is 13.6. The van der Waals surface area contributed by atoms with Crippen LogP contribution in [-0.2, 0) is 25.5 Å². The number of methoxy groups -OCH3 is 1.